The van der Waals surface area contributed by atoms with Crippen molar-refractivity contribution in [3.05, 3.63) is 58.6 Å². The molecule has 0 spiro atoms. The zero-order valence-electron chi connectivity index (χ0n) is 12.7. The van der Waals surface area contributed by atoms with Crippen molar-refractivity contribution >= 4 is 15.9 Å². The van der Waals surface area contributed by atoms with Gasteiger partial charge in [-0.3, -0.25) is 0 Å². The molecule has 110 valence electrons. The lowest BCUT2D eigenvalue weighted by atomic mass is 9.77. The third-order valence-electron chi connectivity index (χ3n) is 4.98. The molecule has 0 unspecified atom stereocenters. The fourth-order valence-electron chi connectivity index (χ4n) is 3.49. The van der Waals surface area contributed by atoms with Crippen LogP contribution in [0.1, 0.15) is 50.5 Å². The van der Waals surface area contributed by atoms with Crippen LogP contribution in [0.4, 0.5) is 0 Å². The molecule has 21 heavy (non-hydrogen) atoms. The zero-order valence-corrected chi connectivity index (χ0v) is 14.3. The zero-order chi connectivity index (χ0) is 14.7. The molecular formula is C20H23Br. The first-order valence-electron chi connectivity index (χ1n) is 8.12. The Kier molecular flexibility index (Phi) is 4.80. The molecule has 1 saturated carbocycles. The smallest absolute Gasteiger partial charge is 0.0175 e. The number of rotatable bonds is 3. The van der Waals surface area contributed by atoms with Crippen LogP contribution in [0.15, 0.2) is 53.0 Å². The Balaban J connectivity index is 1.71. The molecule has 0 saturated heterocycles. The summed E-state index contributed by atoms with van der Waals surface area (Å²) in [6, 6.07) is 17.8. The Hall–Kier alpha value is -1.08. The summed E-state index contributed by atoms with van der Waals surface area (Å²) in [7, 11) is 0. The summed E-state index contributed by atoms with van der Waals surface area (Å²) in [6.45, 7) is 2.33. The van der Waals surface area contributed by atoms with Gasteiger partial charge in [-0.05, 0) is 66.3 Å². The minimum absolute atomic E-state index is 0.784. The van der Waals surface area contributed by atoms with Crippen LogP contribution in [-0.4, -0.2) is 0 Å². The van der Waals surface area contributed by atoms with Gasteiger partial charge in [0.1, 0.15) is 0 Å². The van der Waals surface area contributed by atoms with E-state index in [1.54, 1.807) is 0 Å². The van der Waals surface area contributed by atoms with Crippen LogP contribution in [0.25, 0.3) is 11.1 Å². The van der Waals surface area contributed by atoms with Crippen molar-refractivity contribution in [2.75, 3.05) is 0 Å². The third kappa shape index (κ3) is 3.58. The second-order valence-electron chi connectivity index (χ2n) is 6.25. The van der Waals surface area contributed by atoms with Gasteiger partial charge in [0.05, 0.1) is 0 Å². The second kappa shape index (κ2) is 6.79. The number of hydrogen-bond donors (Lipinski definition) is 0. The average molecular weight is 343 g/mol. The molecule has 1 heteroatoms. The molecule has 0 amide bonds. The van der Waals surface area contributed by atoms with Gasteiger partial charge in [0.2, 0.25) is 0 Å². The van der Waals surface area contributed by atoms with Gasteiger partial charge in [-0.25, -0.2) is 0 Å². The Bertz CT molecular complexity index is 560. The molecule has 0 radical (unpaired) electrons. The lowest BCUT2D eigenvalue weighted by Gasteiger charge is -2.28. The second-order valence-corrected chi connectivity index (χ2v) is 7.17. The van der Waals surface area contributed by atoms with Crippen molar-refractivity contribution in [2.24, 2.45) is 5.92 Å². The van der Waals surface area contributed by atoms with Crippen molar-refractivity contribution in [3.8, 4) is 11.1 Å². The lowest BCUT2D eigenvalue weighted by molar-refractivity contribution is 0.319. The molecule has 0 heterocycles. The fraction of sp³-hybridized carbons (Fsp3) is 0.400. The van der Waals surface area contributed by atoms with Crippen molar-refractivity contribution in [3.63, 3.8) is 0 Å². The average Bonchev–Trinajstić information content (AvgIpc) is 2.56. The van der Waals surface area contributed by atoms with Gasteiger partial charge < -0.3 is 0 Å². The molecule has 1 aliphatic carbocycles. The standard InChI is InChI=1S/C20H23Br/c1-2-15-3-5-16(6-4-15)17-7-9-18(10-8-17)19-11-13-20(21)14-12-19/h7-16H,2-6H2,1H3. The van der Waals surface area contributed by atoms with Crippen molar-refractivity contribution < 1.29 is 0 Å². The highest BCUT2D eigenvalue weighted by Gasteiger charge is 2.21. The molecule has 1 fully saturated rings. The van der Waals surface area contributed by atoms with E-state index in [2.05, 4.69) is 71.4 Å². The van der Waals surface area contributed by atoms with Gasteiger partial charge in [-0.1, -0.05) is 65.7 Å². The maximum absolute atomic E-state index is 3.49. The molecule has 0 nitrogen and oxygen atoms in total. The molecule has 0 atom stereocenters. The van der Waals surface area contributed by atoms with Crippen LogP contribution in [0.5, 0.6) is 0 Å². The molecule has 3 rings (SSSR count). The molecular weight excluding hydrogens is 320 g/mol. The maximum atomic E-state index is 3.49. The number of hydrogen-bond acceptors (Lipinski definition) is 0. The van der Waals surface area contributed by atoms with Gasteiger partial charge in [0.15, 0.2) is 0 Å². The van der Waals surface area contributed by atoms with Crippen molar-refractivity contribution in [2.45, 2.75) is 44.9 Å². The predicted octanol–water partition coefficient (Wildman–Crippen LogP) is 6.80. The Morgan fingerprint density at radius 2 is 1.33 bits per heavy atom. The Morgan fingerprint density at radius 3 is 1.86 bits per heavy atom. The predicted molar refractivity (Wildman–Crippen MR) is 94.6 cm³/mol. The molecule has 1 aliphatic rings. The van der Waals surface area contributed by atoms with E-state index in [-0.39, 0.29) is 0 Å². The highest BCUT2D eigenvalue weighted by atomic mass is 79.9. The Labute approximate surface area is 136 Å². The van der Waals surface area contributed by atoms with E-state index in [1.807, 2.05) is 0 Å². The first-order valence-corrected chi connectivity index (χ1v) is 8.91. The van der Waals surface area contributed by atoms with Gasteiger partial charge >= 0.3 is 0 Å². The molecule has 0 aromatic heterocycles. The molecule has 0 N–H and O–H groups in total. The molecule has 0 bridgehead atoms. The topological polar surface area (TPSA) is 0 Å². The van der Waals surface area contributed by atoms with Crippen LogP contribution >= 0.6 is 15.9 Å². The Morgan fingerprint density at radius 1 is 0.810 bits per heavy atom. The third-order valence-corrected chi connectivity index (χ3v) is 5.51. The van der Waals surface area contributed by atoms with E-state index in [9.17, 15) is 0 Å². The van der Waals surface area contributed by atoms with E-state index >= 15 is 0 Å². The van der Waals surface area contributed by atoms with E-state index in [4.69, 9.17) is 0 Å². The van der Waals surface area contributed by atoms with Crippen molar-refractivity contribution in [1.82, 2.24) is 0 Å². The van der Waals surface area contributed by atoms with Crippen LogP contribution < -0.4 is 0 Å². The summed E-state index contributed by atoms with van der Waals surface area (Å²) < 4.78 is 1.13. The minimum atomic E-state index is 0.784. The van der Waals surface area contributed by atoms with E-state index in [0.29, 0.717) is 0 Å². The van der Waals surface area contributed by atoms with Crippen LogP contribution in [-0.2, 0) is 0 Å². The number of halogens is 1. The maximum Gasteiger partial charge on any atom is 0.0175 e. The first kappa shape index (κ1) is 14.8. The highest BCUT2D eigenvalue weighted by Crippen LogP contribution is 2.37. The fourth-order valence-corrected chi connectivity index (χ4v) is 3.76. The number of benzene rings is 2. The monoisotopic (exact) mass is 342 g/mol. The first-order chi connectivity index (χ1) is 10.3. The normalized spacial score (nSPS) is 22.2. The summed E-state index contributed by atoms with van der Waals surface area (Å²) in [5, 5.41) is 0. The van der Waals surface area contributed by atoms with Crippen LogP contribution in [0.2, 0.25) is 0 Å². The summed E-state index contributed by atoms with van der Waals surface area (Å²) >= 11 is 3.49. The summed E-state index contributed by atoms with van der Waals surface area (Å²) in [4.78, 5) is 0. The largest absolute Gasteiger partial charge is 0.0651 e. The van der Waals surface area contributed by atoms with Gasteiger partial charge in [0, 0.05) is 4.47 Å². The minimum Gasteiger partial charge on any atom is -0.0651 e. The van der Waals surface area contributed by atoms with Crippen LogP contribution in [0, 0.1) is 5.92 Å². The highest BCUT2D eigenvalue weighted by molar-refractivity contribution is 9.10. The summed E-state index contributed by atoms with van der Waals surface area (Å²) in [6.07, 6.45) is 6.92. The lowest BCUT2D eigenvalue weighted by Crippen LogP contribution is -2.12. The van der Waals surface area contributed by atoms with Crippen molar-refractivity contribution in [1.29, 1.82) is 0 Å². The summed E-state index contributed by atoms with van der Waals surface area (Å²) in [5.41, 5.74) is 4.14. The van der Waals surface area contributed by atoms with Gasteiger partial charge in [-0.2, -0.15) is 0 Å². The molecule has 2 aromatic rings. The molecule has 0 aliphatic heterocycles. The van der Waals surface area contributed by atoms with Gasteiger partial charge in [-0.15, -0.1) is 0 Å². The van der Waals surface area contributed by atoms with Gasteiger partial charge in [0.25, 0.3) is 0 Å². The molecule has 2 aromatic carbocycles. The van der Waals surface area contributed by atoms with E-state index in [1.165, 1.54) is 48.8 Å². The van der Waals surface area contributed by atoms with E-state index < -0.39 is 0 Å². The SMILES string of the molecule is CCC1CCC(c2ccc(-c3ccc(Br)cc3)cc2)CC1. The quantitative estimate of drug-likeness (QED) is 0.575. The van der Waals surface area contributed by atoms with Crippen LogP contribution in [0.3, 0.4) is 0 Å². The summed E-state index contributed by atoms with van der Waals surface area (Å²) in [5.74, 6) is 1.76. The van der Waals surface area contributed by atoms with E-state index in [0.717, 1.165) is 16.3 Å².